The van der Waals surface area contributed by atoms with Gasteiger partial charge in [0.15, 0.2) is 0 Å². The summed E-state index contributed by atoms with van der Waals surface area (Å²) in [6.07, 6.45) is 6.32. The molecular weight excluding hydrogens is 296 g/mol. The van der Waals surface area contributed by atoms with Gasteiger partial charge in [-0.05, 0) is 25.2 Å². The van der Waals surface area contributed by atoms with Crippen LogP contribution in [0.5, 0.6) is 0 Å². The Morgan fingerprint density at radius 1 is 1.30 bits per heavy atom. The Labute approximate surface area is 135 Å². The zero-order valence-electron chi connectivity index (χ0n) is 13.4. The molecule has 0 radical (unpaired) electrons. The first kappa shape index (κ1) is 14.7. The van der Waals surface area contributed by atoms with E-state index < -0.39 is 6.04 Å². The number of carbonyl (C=O) groups excluding carboxylic acids is 2. The average Bonchev–Trinajstić information content (AvgIpc) is 3.12. The first-order valence-electron chi connectivity index (χ1n) is 8.39. The van der Waals surface area contributed by atoms with E-state index in [1.54, 1.807) is 12.5 Å². The Balaban J connectivity index is 1.55. The minimum absolute atomic E-state index is 0.0784. The molecule has 7 nitrogen and oxygen atoms in total. The summed E-state index contributed by atoms with van der Waals surface area (Å²) in [6, 6.07) is -0.433. The second kappa shape index (κ2) is 5.63. The fourth-order valence-corrected chi connectivity index (χ4v) is 3.49. The van der Waals surface area contributed by atoms with E-state index in [1.165, 1.54) is 5.06 Å². The van der Waals surface area contributed by atoms with Crippen LogP contribution in [0.3, 0.4) is 0 Å². The molecule has 7 heteroatoms. The molecule has 23 heavy (non-hydrogen) atoms. The van der Waals surface area contributed by atoms with Gasteiger partial charge in [0.05, 0.1) is 31.7 Å². The molecule has 0 N–H and O–H groups in total. The van der Waals surface area contributed by atoms with Gasteiger partial charge in [-0.25, -0.2) is 10.0 Å². The van der Waals surface area contributed by atoms with Crippen LogP contribution in [0, 0.1) is 11.8 Å². The minimum atomic E-state index is -0.433. The van der Waals surface area contributed by atoms with Gasteiger partial charge >= 0.3 is 0 Å². The number of fused-ring (bicyclic) bond motifs is 1. The lowest BCUT2D eigenvalue weighted by Gasteiger charge is -2.37. The van der Waals surface area contributed by atoms with Crippen LogP contribution in [0.25, 0.3) is 0 Å². The summed E-state index contributed by atoms with van der Waals surface area (Å²) in [5.41, 5.74) is 0.910. The van der Waals surface area contributed by atoms with Crippen molar-refractivity contribution in [3.8, 4) is 0 Å². The molecule has 0 unspecified atom stereocenters. The van der Waals surface area contributed by atoms with Crippen molar-refractivity contribution in [3.05, 3.63) is 18.2 Å². The Morgan fingerprint density at radius 2 is 2.13 bits per heavy atom. The SMILES string of the molecule is C[C@@H]1C[C@H]1C(=O)N1Cc2cncn2[C@H](C(=O)N2CCCCO2)C1. The predicted octanol–water partition coefficient (Wildman–Crippen LogP) is 0.976. The van der Waals surface area contributed by atoms with Crippen molar-refractivity contribution in [1.29, 1.82) is 0 Å². The summed E-state index contributed by atoms with van der Waals surface area (Å²) in [4.78, 5) is 36.9. The molecule has 0 bridgehead atoms. The standard InChI is InChI=1S/C16H22N4O3/c1-11-6-13(11)15(21)18-8-12-7-17-10-19(12)14(9-18)16(22)20-4-2-3-5-23-20/h7,10-11,13-14H,2-6,8-9H2,1H3/t11-,13-,14+/m1/s1. The smallest absolute Gasteiger partial charge is 0.271 e. The quantitative estimate of drug-likeness (QED) is 0.815. The molecule has 3 aliphatic rings. The lowest BCUT2D eigenvalue weighted by molar-refractivity contribution is -0.201. The van der Waals surface area contributed by atoms with Crippen LogP contribution in [0.4, 0.5) is 0 Å². The molecule has 0 aromatic carbocycles. The van der Waals surface area contributed by atoms with Gasteiger partial charge in [0.2, 0.25) is 5.91 Å². The van der Waals surface area contributed by atoms with Crippen LogP contribution < -0.4 is 0 Å². The van der Waals surface area contributed by atoms with Gasteiger partial charge in [-0.2, -0.15) is 0 Å². The molecule has 1 saturated carbocycles. The zero-order chi connectivity index (χ0) is 16.0. The first-order chi connectivity index (χ1) is 11.1. The van der Waals surface area contributed by atoms with Gasteiger partial charge in [-0.15, -0.1) is 0 Å². The number of nitrogens with zero attached hydrogens (tertiary/aromatic N) is 4. The predicted molar refractivity (Wildman–Crippen MR) is 80.9 cm³/mol. The number of rotatable bonds is 2. The third-order valence-electron chi connectivity index (χ3n) is 5.10. The van der Waals surface area contributed by atoms with Crippen molar-refractivity contribution in [3.63, 3.8) is 0 Å². The molecule has 2 fully saturated rings. The fourth-order valence-electron chi connectivity index (χ4n) is 3.49. The summed E-state index contributed by atoms with van der Waals surface area (Å²) in [5, 5.41) is 1.46. The highest BCUT2D eigenvalue weighted by atomic mass is 16.7. The van der Waals surface area contributed by atoms with Crippen molar-refractivity contribution < 1.29 is 14.4 Å². The lowest BCUT2D eigenvalue weighted by atomic mass is 10.1. The van der Waals surface area contributed by atoms with Crippen molar-refractivity contribution in [2.24, 2.45) is 11.8 Å². The van der Waals surface area contributed by atoms with Crippen LogP contribution in [0.1, 0.15) is 37.9 Å². The van der Waals surface area contributed by atoms with Crippen LogP contribution in [0.15, 0.2) is 12.5 Å². The number of hydroxylamine groups is 2. The molecule has 2 aliphatic heterocycles. The fraction of sp³-hybridized carbons (Fsp3) is 0.688. The molecule has 2 amide bonds. The Bertz CT molecular complexity index is 623. The summed E-state index contributed by atoms with van der Waals surface area (Å²) < 4.78 is 1.89. The number of carbonyl (C=O) groups is 2. The van der Waals surface area contributed by atoms with E-state index in [2.05, 4.69) is 11.9 Å². The number of imidazole rings is 1. The maximum atomic E-state index is 12.8. The topological polar surface area (TPSA) is 67.7 Å². The third kappa shape index (κ3) is 2.63. The number of hydrogen-bond acceptors (Lipinski definition) is 4. The summed E-state index contributed by atoms with van der Waals surface area (Å²) in [5.74, 6) is 0.688. The normalized spacial score (nSPS) is 30.0. The number of amides is 2. The molecule has 3 heterocycles. The Kier molecular flexibility index (Phi) is 3.60. The molecule has 1 aromatic heterocycles. The second-order valence-electron chi connectivity index (χ2n) is 6.83. The van der Waals surface area contributed by atoms with Gasteiger partial charge in [0, 0.05) is 18.7 Å². The van der Waals surface area contributed by atoms with E-state index in [1.807, 2.05) is 9.47 Å². The molecular formula is C16H22N4O3. The largest absolute Gasteiger partial charge is 0.334 e. The van der Waals surface area contributed by atoms with Crippen LogP contribution >= 0.6 is 0 Å². The van der Waals surface area contributed by atoms with E-state index in [0.717, 1.165) is 25.0 Å². The molecule has 4 rings (SSSR count). The monoisotopic (exact) mass is 318 g/mol. The van der Waals surface area contributed by atoms with E-state index in [9.17, 15) is 9.59 Å². The van der Waals surface area contributed by atoms with Gasteiger partial charge in [0.25, 0.3) is 5.91 Å². The zero-order valence-corrected chi connectivity index (χ0v) is 13.4. The molecule has 124 valence electrons. The van der Waals surface area contributed by atoms with Crippen molar-refractivity contribution in [2.45, 2.75) is 38.8 Å². The van der Waals surface area contributed by atoms with Gasteiger partial charge in [-0.1, -0.05) is 6.92 Å². The maximum Gasteiger partial charge on any atom is 0.271 e. The van der Waals surface area contributed by atoms with Gasteiger partial charge < -0.3 is 9.47 Å². The molecule has 3 atom stereocenters. The highest BCUT2D eigenvalue weighted by Crippen LogP contribution is 2.40. The molecule has 1 saturated heterocycles. The van der Waals surface area contributed by atoms with E-state index in [0.29, 0.717) is 32.2 Å². The molecule has 0 spiro atoms. The Hall–Kier alpha value is -1.89. The summed E-state index contributed by atoms with van der Waals surface area (Å²) in [6.45, 7) is 4.24. The Morgan fingerprint density at radius 3 is 2.83 bits per heavy atom. The molecule has 1 aliphatic carbocycles. The van der Waals surface area contributed by atoms with Crippen LogP contribution in [-0.4, -0.2) is 51.0 Å². The van der Waals surface area contributed by atoms with Gasteiger partial charge in [0.1, 0.15) is 6.04 Å². The second-order valence-corrected chi connectivity index (χ2v) is 6.83. The van der Waals surface area contributed by atoms with Crippen molar-refractivity contribution in [1.82, 2.24) is 19.5 Å². The number of aromatic nitrogens is 2. The highest BCUT2D eigenvalue weighted by Gasteiger charge is 2.44. The molecule has 1 aromatic rings. The summed E-state index contributed by atoms with van der Waals surface area (Å²) >= 11 is 0. The van der Waals surface area contributed by atoms with E-state index in [4.69, 9.17) is 4.84 Å². The highest BCUT2D eigenvalue weighted by molar-refractivity contribution is 5.84. The van der Waals surface area contributed by atoms with Crippen LogP contribution in [-0.2, 0) is 21.0 Å². The van der Waals surface area contributed by atoms with E-state index in [-0.39, 0.29) is 17.7 Å². The maximum absolute atomic E-state index is 12.8. The first-order valence-corrected chi connectivity index (χ1v) is 8.39. The average molecular weight is 318 g/mol. The van der Waals surface area contributed by atoms with Crippen molar-refractivity contribution >= 4 is 11.8 Å². The van der Waals surface area contributed by atoms with E-state index >= 15 is 0 Å². The third-order valence-corrected chi connectivity index (χ3v) is 5.10. The minimum Gasteiger partial charge on any atom is -0.334 e. The summed E-state index contributed by atoms with van der Waals surface area (Å²) in [7, 11) is 0. The van der Waals surface area contributed by atoms with Gasteiger partial charge in [-0.3, -0.25) is 14.4 Å². The van der Waals surface area contributed by atoms with Crippen molar-refractivity contribution in [2.75, 3.05) is 19.7 Å². The van der Waals surface area contributed by atoms with Crippen LogP contribution in [0.2, 0.25) is 0 Å². The number of hydrogen-bond donors (Lipinski definition) is 0. The lowest BCUT2D eigenvalue weighted by Crippen LogP contribution is -2.49.